The van der Waals surface area contributed by atoms with Gasteiger partial charge in [0.2, 0.25) is 5.91 Å². The van der Waals surface area contributed by atoms with Crippen molar-refractivity contribution in [3.63, 3.8) is 0 Å². The Bertz CT molecular complexity index is 1060. The topological polar surface area (TPSA) is 45.7 Å². The molecular formula is C24H21F2N3O2. The van der Waals surface area contributed by atoms with Crippen molar-refractivity contribution in [1.29, 1.82) is 0 Å². The molecule has 7 heteroatoms. The number of anilines is 1. The first kappa shape index (κ1) is 20.5. The van der Waals surface area contributed by atoms with Gasteiger partial charge in [0.15, 0.2) is 11.6 Å². The van der Waals surface area contributed by atoms with Gasteiger partial charge in [-0.2, -0.15) is 0 Å². The number of carbonyl (C=O) groups is 1. The van der Waals surface area contributed by atoms with Crippen molar-refractivity contribution in [2.75, 3.05) is 31.1 Å². The summed E-state index contributed by atoms with van der Waals surface area (Å²) in [5, 5.41) is 0. The average molecular weight is 421 g/mol. The van der Waals surface area contributed by atoms with Crippen LogP contribution < -0.4 is 9.64 Å². The average Bonchev–Trinajstić information content (AvgIpc) is 2.80. The van der Waals surface area contributed by atoms with Crippen molar-refractivity contribution >= 4 is 17.7 Å². The van der Waals surface area contributed by atoms with Crippen LogP contribution in [0.1, 0.15) is 5.56 Å². The smallest absolute Gasteiger partial charge is 0.246 e. The second-order valence-corrected chi connectivity index (χ2v) is 7.10. The molecule has 158 valence electrons. The summed E-state index contributed by atoms with van der Waals surface area (Å²) < 4.78 is 32.9. The van der Waals surface area contributed by atoms with E-state index in [9.17, 15) is 13.6 Å². The van der Waals surface area contributed by atoms with Crippen molar-refractivity contribution in [1.82, 2.24) is 9.88 Å². The van der Waals surface area contributed by atoms with Gasteiger partial charge in [-0.05, 0) is 60.2 Å². The maximum atomic E-state index is 14.3. The van der Waals surface area contributed by atoms with Gasteiger partial charge in [0, 0.05) is 44.1 Å². The quantitative estimate of drug-likeness (QED) is 0.569. The Morgan fingerprint density at radius 1 is 1.00 bits per heavy atom. The van der Waals surface area contributed by atoms with E-state index in [4.69, 9.17) is 4.74 Å². The Kier molecular flexibility index (Phi) is 6.21. The summed E-state index contributed by atoms with van der Waals surface area (Å²) in [5.41, 5.74) is 1.50. The van der Waals surface area contributed by atoms with Crippen molar-refractivity contribution in [3.8, 4) is 11.5 Å². The molecule has 0 bridgehead atoms. The minimum Gasteiger partial charge on any atom is -0.453 e. The van der Waals surface area contributed by atoms with Gasteiger partial charge in [-0.3, -0.25) is 9.78 Å². The largest absolute Gasteiger partial charge is 0.453 e. The van der Waals surface area contributed by atoms with Crippen LogP contribution in [0.4, 0.5) is 14.5 Å². The summed E-state index contributed by atoms with van der Waals surface area (Å²) in [6.45, 7) is 2.46. The Morgan fingerprint density at radius 2 is 1.77 bits per heavy atom. The van der Waals surface area contributed by atoms with Gasteiger partial charge in [0.1, 0.15) is 11.6 Å². The maximum Gasteiger partial charge on any atom is 0.246 e. The molecule has 31 heavy (non-hydrogen) atoms. The standard InChI is InChI=1S/C24H21F2N3O2/c25-19-5-7-20(8-6-19)28-12-14-29(15-13-28)24(30)10-4-18-3-9-23(22(26)16-18)31-21-2-1-11-27-17-21/h1-11,16-17H,12-15H2/b10-4+. The fourth-order valence-electron chi connectivity index (χ4n) is 3.35. The minimum atomic E-state index is -0.522. The van der Waals surface area contributed by atoms with E-state index >= 15 is 0 Å². The number of amides is 1. The fourth-order valence-corrected chi connectivity index (χ4v) is 3.35. The predicted octanol–water partition coefficient (Wildman–Crippen LogP) is 4.51. The van der Waals surface area contributed by atoms with Crippen molar-refractivity contribution in [2.45, 2.75) is 0 Å². The van der Waals surface area contributed by atoms with Gasteiger partial charge in [0.25, 0.3) is 0 Å². The van der Waals surface area contributed by atoms with Crippen LogP contribution in [0.5, 0.6) is 11.5 Å². The van der Waals surface area contributed by atoms with Crippen LogP contribution in [0.3, 0.4) is 0 Å². The van der Waals surface area contributed by atoms with E-state index in [1.165, 1.54) is 36.5 Å². The lowest BCUT2D eigenvalue weighted by atomic mass is 10.2. The number of aromatic nitrogens is 1. The summed E-state index contributed by atoms with van der Waals surface area (Å²) >= 11 is 0. The number of nitrogens with zero attached hydrogens (tertiary/aromatic N) is 3. The molecule has 4 rings (SSSR count). The van der Waals surface area contributed by atoms with E-state index in [2.05, 4.69) is 9.88 Å². The molecule has 1 saturated heterocycles. The fraction of sp³-hybridized carbons (Fsp3) is 0.167. The highest BCUT2D eigenvalue weighted by Gasteiger charge is 2.19. The monoisotopic (exact) mass is 421 g/mol. The second kappa shape index (κ2) is 9.38. The third-order valence-corrected chi connectivity index (χ3v) is 5.02. The molecule has 1 amide bonds. The molecule has 1 fully saturated rings. The Morgan fingerprint density at radius 3 is 2.45 bits per heavy atom. The van der Waals surface area contributed by atoms with Crippen molar-refractivity contribution < 1.29 is 18.3 Å². The summed E-state index contributed by atoms with van der Waals surface area (Å²) in [4.78, 5) is 20.3. The van der Waals surface area contributed by atoms with Crippen LogP contribution in [0, 0.1) is 11.6 Å². The summed E-state index contributed by atoms with van der Waals surface area (Å²) in [5.74, 6) is -0.384. The Balaban J connectivity index is 1.33. The minimum absolute atomic E-state index is 0.0911. The number of carbonyl (C=O) groups excluding carboxylic acids is 1. The first-order chi connectivity index (χ1) is 15.1. The lowest BCUT2D eigenvalue weighted by Crippen LogP contribution is -2.48. The van der Waals surface area contributed by atoms with E-state index in [0.717, 1.165) is 5.69 Å². The van der Waals surface area contributed by atoms with E-state index in [-0.39, 0.29) is 17.5 Å². The van der Waals surface area contributed by atoms with Crippen LogP contribution in [-0.2, 0) is 4.79 Å². The molecule has 0 spiro atoms. The van der Waals surface area contributed by atoms with E-state index in [1.54, 1.807) is 47.5 Å². The molecular weight excluding hydrogens is 400 g/mol. The van der Waals surface area contributed by atoms with E-state index in [1.807, 2.05) is 0 Å². The van der Waals surface area contributed by atoms with Gasteiger partial charge < -0.3 is 14.5 Å². The molecule has 0 atom stereocenters. The third-order valence-electron chi connectivity index (χ3n) is 5.02. The molecule has 0 saturated carbocycles. The van der Waals surface area contributed by atoms with Gasteiger partial charge in [-0.25, -0.2) is 8.78 Å². The highest BCUT2D eigenvalue weighted by molar-refractivity contribution is 5.92. The van der Waals surface area contributed by atoms with E-state index < -0.39 is 5.82 Å². The Hall–Kier alpha value is -3.74. The molecule has 2 heterocycles. The predicted molar refractivity (Wildman–Crippen MR) is 115 cm³/mol. The lowest BCUT2D eigenvalue weighted by molar-refractivity contribution is -0.126. The first-order valence-corrected chi connectivity index (χ1v) is 9.93. The van der Waals surface area contributed by atoms with Crippen LogP contribution in [0.2, 0.25) is 0 Å². The molecule has 0 N–H and O–H groups in total. The number of pyridine rings is 1. The second-order valence-electron chi connectivity index (χ2n) is 7.10. The van der Waals surface area contributed by atoms with Crippen molar-refractivity contribution in [3.05, 3.63) is 90.3 Å². The SMILES string of the molecule is O=C(/C=C/c1ccc(Oc2cccnc2)c(F)c1)N1CCN(c2ccc(F)cc2)CC1. The molecule has 0 aliphatic carbocycles. The normalized spacial score (nSPS) is 14.1. The van der Waals surface area contributed by atoms with E-state index in [0.29, 0.717) is 37.5 Å². The van der Waals surface area contributed by atoms with Gasteiger partial charge >= 0.3 is 0 Å². The zero-order valence-corrected chi connectivity index (χ0v) is 16.7. The van der Waals surface area contributed by atoms with Crippen LogP contribution in [-0.4, -0.2) is 42.0 Å². The molecule has 2 aromatic carbocycles. The number of benzene rings is 2. The van der Waals surface area contributed by atoms with Gasteiger partial charge in [-0.15, -0.1) is 0 Å². The van der Waals surface area contributed by atoms with Gasteiger partial charge in [0.05, 0.1) is 6.20 Å². The third kappa shape index (κ3) is 5.25. The highest BCUT2D eigenvalue weighted by Crippen LogP contribution is 2.25. The molecule has 0 radical (unpaired) electrons. The molecule has 1 aliphatic heterocycles. The molecule has 3 aromatic rings. The molecule has 1 aromatic heterocycles. The first-order valence-electron chi connectivity index (χ1n) is 9.93. The highest BCUT2D eigenvalue weighted by atomic mass is 19.1. The number of ether oxygens (including phenoxy) is 1. The van der Waals surface area contributed by atoms with Crippen LogP contribution in [0.25, 0.3) is 6.08 Å². The molecule has 1 aliphatic rings. The summed E-state index contributed by atoms with van der Waals surface area (Å²) in [6.07, 6.45) is 6.15. The molecule has 5 nitrogen and oxygen atoms in total. The van der Waals surface area contributed by atoms with Crippen molar-refractivity contribution in [2.24, 2.45) is 0 Å². The number of rotatable bonds is 5. The zero-order chi connectivity index (χ0) is 21.6. The van der Waals surface area contributed by atoms with Gasteiger partial charge in [-0.1, -0.05) is 6.07 Å². The molecule has 0 unspecified atom stereocenters. The zero-order valence-electron chi connectivity index (χ0n) is 16.7. The maximum absolute atomic E-state index is 14.3. The Labute approximate surface area is 179 Å². The number of halogens is 2. The summed E-state index contributed by atoms with van der Waals surface area (Å²) in [6, 6.07) is 14.3. The summed E-state index contributed by atoms with van der Waals surface area (Å²) in [7, 11) is 0. The number of hydrogen-bond acceptors (Lipinski definition) is 4. The van der Waals surface area contributed by atoms with Crippen LogP contribution in [0.15, 0.2) is 73.1 Å². The lowest BCUT2D eigenvalue weighted by Gasteiger charge is -2.35. The van der Waals surface area contributed by atoms with Crippen LogP contribution >= 0.6 is 0 Å². The number of hydrogen-bond donors (Lipinski definition) is 0. The number of piperazine rings is 1.